The molecule has 1 aliphatic rings. The lowest BCUT2D eigenvalue weighted by Crippen LogP contribution is -2.28. The number of hydrogen-bond donors (Lipinski definition) is 4. The van der Waals surface area contributed by atoms with Crippen LogP contribution in [0.5, 0.6) is 0 Å². The molecule has 1 aromatic carbocycles. The minimum Gasteiger partial charge on any atom is -0.481 e. The minimum atomic E-state index is -0.833. The second-order valence-corrected chi connectivity index (χ2v) is 7.08. The van der Waals surface area contributed by atoms with Gasteiger partial charge in [-0.2, -0.15) is 5.10 Å². The van der Waals surface area contributed by atoms with Crippen LogP contribution in [0.2, 0.25) is 0 Å². The summed E-state index contributed by atoms with van der Waals surface area (Å²) in [6.07, 6.45) is 0.631. The van der Waals surface area contributed by atoms with Crippen molar-refractivity contribution in [2.24, 2.45) is 11.5 Å². The number of aliphatic carboxylic acids is 1. The molecular weight excluding hydrogens is 362 g/mol. The zero-order valence-corrected chi connectivity index (χ0v) is 16.3. The zero-order chi connectivity index (χ0) is 21.0. The summed E-state index contributed by atoms with van der Waals surface area (Å²) >= 11 is 0. The number of aliphatic hydroxyl groups is 1. The summed E-state index contributed by atoms with van der Waals surface area (Å²) in [7, 11) is 0. The highest BCUT2D eigenvalue weighted by Gasteiger charge is 2.35. The standard InChI is InChI=1S/C17H23N5O2.C2H4O2/c1-9-4-3-5-13(10(9)2)22-17(11-6-12(18)14(23)7-11)20-16(21-22)8-15(19)24;1-2(3)4/h3-5,11-12,14,23H,6-8,18H2,1-2H3,(H2,19,24);1H3,(H,3,4)/t11-,12-,14-;/m0./s1. The van der Waals surface area contributed by atoms with Gasteiger partial charge in [-0.15, -0.1) is 0 Å². The zero-order valence-electron chi connectivity index (χ0n) is 16.3. The SMILES string of the molecule is CC(=O)O.Cc1cccc(-n2nc(CC(N)=O)nc2[C@H]2C[C@H](N)[C@@H](O)C2)c1C. The summed E-state index contributed by atoms with van der Waals surface area (Å²) in [5, 5.41) is 21.9. The number of primary amides is 1. The van der Waals surface area contributed by atoms with Crippen molar-refractivity contribution in [3.05, 3.63) is 41.0 Å². The largest absolute Gasteiger partial charge is 0.481 e. The Labute approximate surface area is 163 Å². The fourth-order valence-corrected chi connectivity index (χ4v) is 3.26. The highest BCUT2D eigenvalue weighted by molar-refractivity contribution is 5.75. The third-order valence-electron chi connectivity index (χ3n) is 4.75. The number of carbonyl (C=O) groups excluding carboxylic acids is 1. The van der Waals surface area contributed by atoms with E-state index < -0.39 is 18.0 Å². The molecule has 0 spiro atoms. The van der Waals surface area contributed by atoms with Gasteiger partial charge in [-0.1, -0.05) is 12.1 Å². The third-order valence-corrected chi connectivity index (χ3v) is 4.75. The molecule has 0 aliphatic heterocycles. The first-order valence-electron chi connectivity index (χ1n) is 9.04. The molecule has 3 rings (SSSR count). The van der Waals surface area contributed by atoms with Crippen LogP contribution >= 0.6 is 0 Å². The van der Waals surface area contributed by atoms with E-state index in [-0.39, 0.29) is 18.4 Å². The van der Waals surface area contributed by atoms with Gasteiger partial charge in [0.2, 0.25) is 5.91 Å². The van der Waals surface area contributed by atoms with Crippen LogP contribution in [0, 0.1) is 13.8 Å². The van der Waals surface area contributed by atoms with Crippen LogP contribution in [0.15, 0.2) is 18.2 Å². The fourth-order valence-electron chi connectivity index (χ4n) is 3.26. The van der Waals surface area contributed by atoms with E-state index in [1.807, 2.05) is 32.0 Å². The number of aliphatic hydroxyl groups excluding tert-OH is 1. The molecule has 1 aliphatic carbocycles. The topological polar surface area (TPSA) is 157 Å². The third kappa shape index (κ3) is 5.14. The van der Waals surface area contributed by atoms with Crippen molar-refractivity contribution < 1.29 is 19.8 Å². The van der Waals surface area contributed by atoms with E-state index >= 15 is 0 Å². The van der Waals surface area contributed by atoms with Crippen LogP contribution in [0.25, 0.3) is 5.69 Å². The molecule has 152 valence electrons. The summed E-state index contributed by atoms with van der Waals surface area (Å²) in [5.41, 5.74) is 14.4. The van der Waals surface area contributed by atoms with E-state index in [4.69, 9.17) is 21.4 Å². The summed E-state index contributed by atoms with van der Waals surface area (Å²) in [5.74, 6) is -0.174. The van der Waals surface area contributed by atoms with Crippen molar-refractivity contribution in [3.8, 4) is 5.69 Å². The molecular formula is C19H27N5O4. The van der Waals surface area contributed by atoms with E-state index in [1.165, 1.54) is 0 Å². The number of benzene rings is 1. The van der Waals surface area contributed by atoms with Crippen LogP contribution in [0.4, 0.5) is 0 Å². The van der Waals surface area contributed by atoms with Gasteiger partial charge in [0.05, 0.1) is 18.2 Å². The lowest BCUT2D eigenvalue weighted by molar-refractivity contribution is -0.134. The molecule has 1 saturated carbocycles. The molecule has 6 N–H and O–H groups in total. The van der Waals surface area contributed by atoms with Gasteiger partial charge in [0.1, 0.15) is 5.82 Å². The van der Waals surface area contributed by atoms with Crippen LogP contribution < -0.4 is 11.5 Å². The maximum absolute atomic E-state index is 11.2. The van der Waals surface area contributed by atoms with Crippen molar-refractivity contribution >= 4 is 11.9 Å². The van der Waals surface area contributed by atoms with Gasteiger partial charge in [0, 0.05) is 18.9 Å². The van der Waals surface area contributed by atoms with E-state index in [1.54, 1.807) is 4.68 Å². The van der Waals surface area contributed by atoms with Gasteiger partial charge in [0.25, 0.3) is 5.97 Å². The Morgan fingerprint density at radius 2 is 1.93 bits per heavy atom. The van der Waals surface area contributed by atoms with Crippen LogP contribution in [0.3, 0.4) is 0 Å². The van der Waals surface area contributed by atoms with Gasteiger partial charge in [0.15, 0.2) is 5.82 Å². The van der Waals surface area contributed by atoms with Gasteiger partial charge in [-0.05, 0) is 43.9 Å². The maximum atomic E-state index is 11.2. The predicted molar refractivity (Wildman–Crippen MR) is 103 cm³/mol. The van der Waals surface area contributed by atoms with Crippen molar-refractivity contribution in [1.82, 2.24) is 14.8 Å². The number of amides is 1. The molecule has 3 atom stereocenters. The Kier molecular flexibility index (Phi) is 6.87. The molecule has 9 nitrogen and oxygen atoms in total. The molecule has 9 heteroatoms. The van der Waals surface area contributed by atoms with Gasteiger partial charge >= 0.3 is 0 Å². The fraction of sp³-hybridized carbons (Fsp3) is 0.474. The molecule has 0 saturated heterocycles. The Bertz CT molecular complexity index is 850. The second kappa shape index (κ2) is 8.94. The molecule has 0 radical (unpaired) electrons. The molecule has 1 heterocycles. The van der Waals surface area contributed by atoms with Crippen LogP contribution in [-0.4, -0.2) is 49.0 Å². The van der Waals surface area contributed by atoms with Gasteiger partial charge < -0.3 is 21.7 Å². The highest BCUT2D eigenvalue weighted by atomic mass is 16.4. The first-order valence-corrected chi connectivity index (χ1v) is 9.04. The van der Waals surface area contributed by atoms with E-state index in [0.717, 1.165) is 29.6 Å². The quantitative estimate of drug-likeness (QED) is 0.595. The number of aryl methyl sites for hydroxylation is 1. The van der Waals surface area contributed by atoms with E-state index in [2.05, 4.69) is 10.1 Å². The van der Waals surface area contributed by atoms with Crippen molar-refractivity contribution in [1.29, 1.82) is 0 Å². The average molecular weight is 389 g/mol. The maximum Gasteiger partial charge on any atom is 0.300 e. The van der Waals surface area contributed by atoms with E-state index in [0.29, 0.717) is 18.7 Å². The summed E-state index contributed by atoms with van der Waals surface area (Å²) in [6, 6.07) is 5.71. The monoisotopic (exact) mass is 389 g/mol. The molecule has 2 aromatic rings. The Morgan fingerprint density at radius 3 is 2.46 bits per heavy atom. The predicted octanol–water partition coefficient (Wildman–Crippen LogP) is 0.568. The number of carboxylic acids is 1. The first kappa shape index (κ1) is 21.5. The summed E-state index contributed by atoms with van der Waals surface area (Å²) < 4.78 is 1.77. The first-order chi connectivity index (χ1) is 13.1. The molecule has 0 bridgehead atoms. The smallest absolute Gasteiger partial charge is 0.300 e. The van der Waals surface area contributed by atoms with Crippen LogP contribution in [-0.2, 0) is 16.0 Å². The summed E-state index contributed by atoms with van der Waals surface area (Å²) in [4.78, 5) is 24.8. The molecule has 1 fully saturated rings. The highest BCUT2D eigenvalue weighted by Crippen LogP contribution is 2.34. The number of rotatable bonds is 4. The lowest BCUT2D eigenvalue weighted by Gasteiger charge is -2.14. The number of nitrogens with two attached hydrogens (primary N) is 2. The lowest BCUT2D eigenvalue weighted by atomic mass is 10.1. The van der Waals surface area contributed by atoms with Crippen LogP contribution in [0.1, 0.15) is 48.5 Å². The number of nitrogens with zero attached hydrogens (tertiary/aromatic N) is 3. The minimum absolute atomic E-state index is 0.00374. The Balaban J connectivity index is 0.000000640. The number of carbonyl (C=O) groups is 2. The van der Waals surface area contributed by atoms with Crippen molar-refractivity contribution in [2.75, 3.05) is 0 Å². The van der Waals surface area contributed by atoms with Gasteiger partial charge in [-0.3, -0.25) is 9.59 Å². The average Bonchev–Trinajstić information content (AvgIpc) is 3.13. The molecule has 0 unspecified atom stereocenters. The number of carboxylic acid groups (broad SMARTS) is 1. The normalized spacial score (nSPS) is 21.1. The number of aromatic nitrogens is 3. The summed E-state index contributed by atoms with van der Waals surface area (Å²) in [6.45, 7) is 5.15. The molecule has 1 aromatic heterocycles. The van der Waals surface area contributed by atoms with E-state index in [9.17, 15) is 9.90 Å². The number of hydrogen-bond acceptors (Lipinski definition) is 6. The Morgan fingerprint density at radius 1 is 1.29 bits per heavy atom. The Hall–Kier alpha value is -2.78. The molecule has 1 amide bonds. The van der Waals surface area contributed by atoms with Crippen molar-refractivity contribution in [3.63, 3.8) is 0 Å². The second-order valence-electron chi connectivity index (χ2n) is 7.08. The van der Waals surface area contributed by atoms with Gasteiger partial charge in [-0.25, -0.2) is 9.67 Å². The molecule has 28 heavy (non-hydrogen) atoms. The van der Waals surface area contributed by atoms with Crippen molar-refractivity contribution in [2.45, 2.75) is 58.1 Å².